The summed E-state index contributed by atoms with van der Waals surface area (Å²) in [5.41, 5.74) is -1.10. The zero-order chi connectivity index (χ0) is 13.2. The predicted octanol–water partition coefficient (Wildman–Crippen LogP) is 2.17. The molecule has 1 atom stereocenters. The van der Waals surface area contributed by atoms with E-state index in [0.717, 1.165) is 0 Å². The molecule has 0 spiro atoms. The van der Waals surface area contributed by atoms with Gasteiger partial charge in [-0.15, -0.1) is 0 Å². The van der Waals surface area contributed by atoms with Crippen molar-refractivity contribution in [3.8, 4) is 0 Å². The fourth-order valence-corrected chi connectivity index (χ4v) is 1.47. The van der Waals surface area contributed by atoms with Crippen molar-refractivity contribution in [1.82, 2.24) is 0 Å². The minimum atomic E-state index is -2.20. The molecule has 0 fully saturated rings. The van der Waals surface area contributed by atoms with Crippen LogP contribution in [0.1, 0.15) is 0 Å². The first-order valence-corrected chi connectivity index (χ1v) is 6.14. The van der Waals surface area contributed by atoms with Crippen molar-refractivity contribution in [1.29, 1.82) is 0 Å². The Kier molecular flexibility index (Phi) is 4.44. The summed E-state index contributed by atoms with van der Waals surface area (Å²) in [6.07, 6.45) is 1.35. The van der Waals surface area contributed by atoms with Gasteiger partial charge in [-0.2, -0.15) is 0 Å². The Hall–Kier alpha value is -1.18. The number of rotatable bonds is 4. The molecule has 17 heavy (non-hydrogen) atoms. The zero-order valence-corrected chi connectivity index (χ0v) is 9.44. The van der Waals surface area contributed by atoms with Gasteiger partial charge in [0.1, 0.15) is 5.69 Å². The maximum atomic E-state index is 13.1. The monoisotopic (exact) mass is 273 g/mol. The van der Waals surface area contributed by atoms with Gasteiger partial charge in [-0.05, 0) is 0 Å². The zero-order valence-electron chi connectivity index (χ0n) is 8.62. The van der Waals surface area contributed by atoms with E-state index in [-0.39, 0.29) is 12.3 Å². The maximum Gasteiger partial charge on any atom is 0.200 e. The fourth-order valence-electron chi connectivity index (χ4n) is 1.08. The van der Waals surface area contributed by atoms with E-state index in [1.165, 1.54) is 6.26 Å². The molecule has 96 valence electrons. The van der Waals surface area contributed by atoms with Crippen LogP contribution >= 0.6 is 0 Å². The quantitative estimate of drug-likeness (QED) is 0.517. The third kappa shape index (κ3) is 2.93. The summed E-state index contributed by atoms with van der Waals surface area (Å²) in [6, 6.07) is 0. The van der Waals surface area contributed by atoms with E-state index < -0.39 is 45.6 Å². The molecule has 1 rings (SSSR count). The lowest BCUT2D eigenvalue weighted by molar-refractivity contribution is 0.381. The van der Waals surface area contributed by atoms with Crippen LogP contribution in [0.3, 0.4) is 0 Å². The van der Waals surface area contributed by atoms with E-state index in [4.69, 9.17) is 0 Å². The van der Waals surface area contributed by atoms with Crippen molar-refractivity contribution in [3.05, 3.63) is 29.1 Å². The highest BCUT2D eigenvalue weighted by Gasteiger charge is 2.25. The summed E-state index contributed by atoms with van der Waals surface area (Å²) in [4.78, 5) is 0. The maximum absolute atomic E-state index is 13.1. The highest BCUT2D eigenvalue weighted by molar-refractivity contribution is 7.84. The summed E-state index contributed by atoms with van der Waals surface area (Å²) >= 11 is 0. The molecule has 0 heterocycles. The molecule has 0 bridgehead atoms. The van der Waals surface area contributed by atoms with Crippen LogP contribution in [0.2, 0.25) is 0 Å². The largest absolute Gasteiger partial charge is 0.379 e. The van der Waals surface area contributed by atoms with Crippen LogP contribution in [0.25, 0.3) is 0 Å². The van der Waals surface area contributed by atoms with Gasteiger partial charge in [0.25, 0.3) is 0 Å². The SMILES string of the molecule is CS(=O)CCNc1c(F)c(F)c(F)c(F)c1F. The smallest absolute Gasteiger partial charge is 0.200 e. The second kappa shape index (κ2) is 5.44. The van der Waals surface area contributed by atoms with Crippen LogP contribution in [0.15, 0.2) is 0 Å². The number of hydrogen-bond acceptors (Lipinski definition) is 2. The van der Waals surface area contributed by atoms with Crippen LogP contribution in [-0.2, 0) is 10.8 Å². The van der Waals surface area contributed by atoms with Gasteiger partial charge in [0.2, 0.25) is 5.82 Å². The van der Waals surface area contributed by atoms with Crippen LogP contribution in [0, 0.1) is 29.1 Å². The molecule has 1 unspecified atom stereocenters. The molecule has 8 heteroatoms. The average molecular weight is 273 g/mol. The van der Waals surface area contributed by atoms with Crippen molar-refractivity contribution in [2.75, 3.05) is 23.9 Å². The van der Waals surface area contributed by atoms with Crippen molar-refractivity contribution < 1.29 is 26.2 Å². The lowest BCUT2D eigenvalue weighted by Crippen LogP contribution is -2.14. The van der Waals surface area contributed by atoms with Gasteiger partial charge in [-0.3, -0.25) is 4.21 Å². The molecule has 1 N–H and O–H groups in total. The summed E-state index contributed by atoms with van der Waals surface area (Å²) in [5, 5.41) is 2.03. The Morgan fingerprint density at radius 3 is 1.76 bits per heavy atom. The van der Waals surface area contributed by atoms with Gasteiger partial charge in [0.05, 0.1) is 0 Å². The first-order chi connectivity index (χ1) is 7.86. The highest BCUT2D eigenvalue weighted by Crippen LogP contribution is 2.26. The summed E-state index contributed by atoms with van der Waals surface area (Å²) < 4.78 is 74.9. The first-order valence-electron chi connectivity index (χ1n) is 4.41. The summed E-state index contributed by atoms with van der Waals surface area (Å²) in [7, 11) is -1.24. The second-order valence-electron chi connectivity index (χ2n) is 3.15. The molecule has 0 saturated heterocycles. The first kappa shape index (κ1) is 13.9. The van der Waals surface area contributed by atoms with Gasteiger partial charge in [-0.25, -0.2) is 22.0 Å². The Labute approximate surface area is 96.3 Å². The van der Waals surface area contributed by atoms with E-state index in [2.05, 4.69) is 0 Å². The molecular formula is C9H8F5NOS. The van der Waals surface area contributed by atoms with E-state index in [0.29, 0.717) is 0 Å². The molecule has 2 nitrogen and oxygen atoms in total. The number of nitrogens with one attached hydrogen (secondary N) is 1. The van der Waals surface area contributed by atoms with E-state index in [1.807, 2.05) is 5.32 Å². The summed E-state index contributed by atoms with van der Waals surface area (Å²) in [5.74, 6) is -10.1. The minimum Gasteiger partial charge on any atom is -0.379 e. The lowest BCUT2D eigenvalue weighted by Gasteiger charge is -2.09. The van der Waals surface area contributed by atoms with Crippen molar-refractivity contribution in [2.45, 2.75) is 0 Å². The molecular weight excluding hydrogens is 265 g/mol. The topological polar surface area (TPSA) is 29.1 Å². The van der Waals surface area contributed by atoms with Gasteiger partial charge in [0.15, 0.2) is 23.3 Å². The summed E-state index contributed by atoms with van der Waals surface area (Å²) in [6.45, 7) is -0.165. The molecule has 0 amide bonds. The van der Waals surface area contributed by atoms with Crippen LogP contribution in [0.4, 0.5) is 27.6 Å². The number of hydrogen-bond donors (Lipinski definition) is 1. The Morgan fingerprint density at radius 2 is 1.35 bits per heavy atom. The van der Waals surface area contributed by atoms with Crippen LogP contribution in [0.5, 0.6) is 0 Å². The van der Waals surface area contributed by atoms with E-state index in [9.17, 15) is 26.2 Å². The minimum absolute atomic E-state index is 0.0273. The van der Waals surface area contributed by atoms with Crippen LogP contribution < -0.4 is 5.32 Å². The van der Waals surface area contributed by atoms with E-state index in [1.54, 1.807) is 0 Å². The average Bonchev–Trinajstić information content (AvgIpc) is 2.28. The standard InChI is InChI=1S/C9H8F5NOS/c1-17(16)3-2-15-9-7(13)5(11)4(10)6(12)8(9)14/h15H,2-3H2,1H3. The third-order valence-corrected chi connectivity index (χ3v) is 2.68. The molecule has 0 aliphatic carbocycles. The molecule has 0 saturated carbocycles. The molecule has 0 radical (unpaired) electrons. The predicted molar refractivity (Wildman–Crippen MR) is 53.7 cm³/mol. The molecule has 1 aromatic rings. The van der Waals surface area contributed by atoms with Gasteiger partial charge >= 0.3 is 0 Å². The lowest BCUT2D eigenvalue weighted by atomic mass is 10.2. The molecule has 0 aromatic heterocycles. The molecule has 1 aromatic carbocycles. The van der Waals surface area contributed by atoms with Crippen molar-refractivity contribution in [2.24, 2.45) is 0 Å². The van der Waals surface area contributed by atoms with Gasteiger partial charge < -0.3 is 5.32 Å². The molecule has 0 aliphatic rings. The Bertz CT molecular complexity index is 436. The fraction of sp³-hybridized carbons (Fsp3) is 0.333. The Balaban J connectivity index is 3.03. The van der Waals surface area contributed by atoms with E-state index >= 15 is 0 Å². The second-order valence-corrected chi connectivity index (χ2v) is 4.70. The van der Waals surface area contributed by atoms with Crippen molar-refractivity contribution >= 4 is 16.5 Å². The Morgan fingerprint density at radius 1 is 0.941 bits per heavy atom. The number of benzene rings is 1. The molecule has 0 aliphatic heterocycles. The third-order valence-electron chi connectivity index (χ3n) is 1.90. The van der Waals surface area contributed by atoms with Gasteiger partial charge in [-0.1, -0.05) is 0 Å². The van der Waals surface area contributed by atoms with Gasteiger partial charge in [0, 0.05) is 29.4 Å². The normalized spacial score (nSPS) is 12.6. The number of anilines is 1. The van der Waals surface area contributed by atoms with Crippen LogP contribution in [-0.4, -0.2) is 22.8 Å². The highest BCUT2D eigenvalue weighted by atomic mass is 32.2. The number of halogens is 5. The van der Waals surface area contributed by atoms with Crippen molar-refractivity contribution in [3.63, 3.8) is 0 Å².